The molecule has 0 spiro atoms. The molecule has 6 N–H and O–H groups in total. The van der Waals surface area contributed by atoms with Gasteiger partial charge >= 0.3 is 5.97 Å². The molecule has 0 amide bonds. The van der Waals surface area contributed by atoms with Crippen molar-refractivity contribution in [3.8, 4) is 0 Å². The number of carbonyl (C=O) groups is 1. The molecule has 6 atom stereocenters. The van der Waals surface area contributed by atoms with Crippen LogP contribution in [-0.4, -0.2) is 73.4 Å². The first-order valence-electron chi connectivity index (χ1n) is 5.51. The predicted octanol–water partition coefficient (Wildman–Crippen LogP) is -2.74. The fraction of sp³-hybridized carbons (Fsp3) is 0.900. The third-order valence-corrected chi connectivity index (χ3v) is 3.19. The number of hydrogen-bond donors (Lipinski definition) is 6. The van der Waals surface area contributed by atoms with Gasteiger partial charge in [0.2, 0.25) is 0 Å². The maximum Gasteiger partial charge on any atom is 0.364 e. The minimum Gasteiger partial charge on any atom is -0.477 e. The molecule has 0 aromatic heterocycles. The lowest BCUT2D eigenvalue weighted by atomic mass is 9.85. The first-order chi connectivity index (χ1) is 8.23. The highest BCUT2D eigenvalue weighted by Crippen LogP contribution is 2.33. The Balaban J connectivity index is 2.92. The van der Waals surface area contributed by atoms with Crippen molar-refractivity contribution in [2.75, 3.05) is 6.61 Å². The Morgan fingerprint density at radius 1 is 1.50 bits per heavy atom. The van der Waals surface area contributed by atoms with Gasteiger partial charge in [0, 0.05) is 12.3 Å². The molecule has 2 unspecified atom stereocenters. The highest BCUT2D eigenvalue weighted by Gasteiger charge is 2.51. The summed E-state index contributed by atoms with van der Waals surface area (Å²) < 4.78 is 4.88. The van der Waals surface area contributed by atoms with Crippen LogP contribution >= 0.6 is 0 Å². The summed E-state index contributed by atoms with van der Waals surface area (Å²) in [6.07, 6.45) is -6.24. The second-order valence-electron chi connectivity index (χ2n) is 4.54. The molecule has 8 nitrogen and oxygen atoms in total. The second-order valence-corrected chi connectivity index (χ2v) is 4.54. The van der Waals surface area contributed by atoms with Crippen LogP contribution in [0.1, 0.15) is 13.3 Å². The van der Waals surface area contributed by atoms with E-state index in [0.29, 0.717) is 0 Å². The molecular weight excluding hydrogens is 248 g/mol. The summed E-state index contributed by atoms with van der Waals surface area (Å²) in [7, 11) is 0. The summed E-state index contributed by atoms with van der Waals surface area (Å²) in [5.41, 5.74) is 0. The standard InChI is InChI=1S/C10H18O8/c1-4-5(12)2-10(17,9(15)16)18-8(4)7(14)6(13)3-11/h4-8,11-14,17H,2-3H2,1H3,(H,15,16)/t4-,5?,6-,7+,8+,10?/m0/s1. The zero-order valence-corrected chi connectivity index (χ0v) is 9.80. The molecule has 0 aromatic rings. The van der Waals surface area contributed by atoms with Gasteiger partial charge in [-0.2, -0.15) is 0 Å². The maximum absolute atomic E-state index is 10.9. The van der Waals surface area contributed by atoms with Crippen LogP contribution in [0.2, 0.25) is 0 Å². The van der Waals surface area contributed by atoms with Crippen molar-refractivity contribution in [3.05, 3.63) is 0 Å². The molecule has 0 radical (unpaired) electrons. The third-order valence-electron chi connectivity index (χ3n) is 3.19. The maximum atomic E-state index is 10.9. The summed E-state index contributed by atoms with van der Waals surface area (Å²) in [5, 5.41) is 55.9. The zero-order chi connectivity index (χ0) is 14.1. The van der Waals surface area contributed by atoms with Crippen LogP contribution in [0.5, 0.6) is 0 Å². The number of aliphatic hydroxyl groups excluding tert-OH is 4. The Hall–Kier alpha value is -0.770. The lowest BCUT2D eigenvalue weighted by Gasteiger charge is -2.43. The summed E-state index contributed by atoms with van der Waals surface area (Å²) in [5.74, 6) is -5.02. The van der Waals surface area contributed by atoms with Gasteiger partial charge in [-0.1, -0.05) is 6.92 Å². The first kappa shape index (κ1) is 15.3. The average molecular weight is 266 g/mol. The Morgan fingerprint density at radius 3 is 2.50 bits per heavy atom. The molecule has 8 heteroatoms. The number of rotatable bonds is 4. The van der Waals surface area contributed by atoms with E-state index >= 15 is 0 Å². The molecule has 1 saturated heterocycles. The number of carboxylic acid groups (broad SMARTS) is 1. The van der Waals surface area contributed by atoms with Crippen LogP contribution in [0.3, 0.4) is 0 Å². The van der Waals surface area contributed by atoms with Gasteiger partial charge in [-0.25, -0.2) is 4.79 Å². The van der Waals surface area contributed by atoms with Crippen LogP contribution in [0.15, 0.2) is 0 Å². The molecule has 0 aromatic carbocycles. The lowest BCUT2D eigenvalue weighted by Crippen LogP contribution is -2.60. The number of aliphatic hydroxyl groups is 5. The van der Waals surface area contributed by atoms with E-state index in [4.69, 9.17) is 14.9 Å². The van der Waals surface area contributed by atoms with Crippen molar-refractivity contribution in [2.24, 2.45) is 5.92 Å². The van der Waals surface area contributed by atoms with E-state index in [-0.39, 0.29) is 0 Å². The van der Waals surface area contributed by atoms with E-state index in [1.54, 1.807) is 0 Å². The summed E-state index contributed by atoms with van der Waals surface area (Å²) in [6.45, 7) is 0.722. The number of carboxylic acids is 1. The quantitative estimate of drug-likeness (QED) is 0.321. The molecule has 1 fully saturated rings. The molecule has 106 valence electrons. The molecule has 1 aliphatic rings. The van der Waals surface area contributed by atoms with Gasteiger partial charge in [0.1, 0.15) is 12.2 Å². The molecule has 18 heavy (non-hydrogen) atoms. The van der Waals surface area contributed by atoms with Crippen LogP contribution in [0, 0.1) is 5.92 Å². The Bertz CT molecular complexity index is 308. The highest BCUT2D eigenvalue weighted by molar-refractivity contribution is 5.75. The molecular formula is C10H18O8. The highest BCUT2D eigenvalue weighted by atomic mass is 16.7. The molecule has 0 bridgehead atoms. The summed E-state index contributed by atoms with van der Waals surface area (Å²) >= 11 is 0. The first-order valence-corrected chi connectivity index (χ1v) is 5.51. The van der Waals surface area contributed by atoms with Crippen molar-refractivity contribution in [1.29, 1.82) is 0 Å². The van der Waals surface area contributed by atoms with Gasteiger partial charge in [-0.15, -0.1) is 0 Å². The van der Waals surface area contributed by atoms with Gasteiger partial charge in [-0.05, 0) is 0 Å². The molecule has 1 rings (SSSR count). The smallest absolute Gasteiger partial charge is 0.364 e. The van der Waals surface area contributed by atoms with E-state index in [2.05, 4.69) is 0 Å². The lowest BCUT2D eigenvalue weighted by molar-refractivity contribution is -0.302. The van der Waals surface area contributed by atoms with E-state index in [1.807, 2.05) is 0 Å². The van der Waals surface area contributed by atoms with Crippen molar-refractivity contribution >= 4 is 5.97 Å². The minimum atomic E-state index is -2.62. The van der Waals surface area contributed by atoms with Crippen LogP contribution in [0.25, 0.3) is 0 Å². The Kier molecular flexibility index (Phi) is 4.65. The number of ether oxygens (including phenoxy) is 1. The fourth-order valence-corrected chi connectivity index (χ4v) is 1.91. The van der Waals surface area contributed by atoms with Crippen molar-refractivity contribution in [3.63, 3.8) is 0 Å². The Labute approximate surface area is 103 Å². The van der Waals surface area contributed by atoms with Gasteiger partial charge in [-0.3, -0.25) is 0 Å². The topological polar surface area (TPSA) is 148 Å². The number of aliphatic carboxylic acids is 1. The predicted molar refractivity (Wildman–Crippen MR) is 56.3 cm³/mol. The van der Waals surface area contributed by atoms with Crippen LogP contribution in [-0.2, 0) is 9.53 Å². The SMILES string of the molecule is C[C@H]1C(O)CC(O)(C(=O)O)O[C@H]1[C@H](O)[C@@H](O)CO. The molecule has 0 saturated carbocycles. The molecule has 1 heterocycles. The monoisotopic (exact) mass is 266 g/mol. The normalized spacial score (nSPS) is 40.2. The summed E-state index contributed by atoms with van der Waals surface area (Å²) in [6, 6.07) is 0. The second kappa shape index (κ2) is 5.47. The minimum absolute atomic E-state index is 0.540. The van der Waals surface area contributed by atoms with Gasteiger partial charge in [0.25, 0.3) is 5.79 Å². The Morgan fingerprint density at radius 2 is 2.06 bits per heavy atom. The van der Waals surface area contributed by atoms with Gasteiger partial charge in [0.05, 0.1) is 18.8 Å². The largest absolute Gasteiger partial charge is 0.477 e. The van der Waals surface area contributed by atoms with Crippen molar-refractivity contribution < 1.29 is 40.2 Å². The van der Waals surface area contributed by atoms with Crippen molar-refractivity contribution in [1.82, 2.24) is 0 Å². The average Bonchev–Trinajstić information content (AvgIpc) is 2.31. The van der Waals surface area contributed by atoms with Crippen molar-refractivity contribution in [2.45, 2.75) is 43.5 Å². The zero-order valence-electron chi connectivity index (χ0n) is 9.80. The van der Waals surface area contributed by atoms with Gasteiger partial charge in [0.15, 0.2) is 0 Å². The fourth-order valence-electron chi connectivity index (χ4n) is 1.91. The third kappa shape index (κ3) is 2.79. The van der Waals surface area contributed by atoms with Crippen LogP contribution in [0.4, 0.5) is 0 Å². The molecule has 1 aliphatic heterocycles. The number of hydrogen-bond acceptors (Lipinski definition) is 7. The van der Waals surface area contributed by atoms with Crippen LogP contribution < -0.4 is 0 Å². The van der Waals surface area contributed by atoms with E-state index < -0.39 is 55.1 Å². The molecule has 0 aliphatic carbocycles. The van der Waals surface area contributed by atoms with E-state index in [1.165, 1.54) is 6.92 Å². The van der Waals surface area contributed by atoms with Gasteiger partial charge < -0.3 is 35.4 Å². The van der Waals surface area contributed by atoms with E-state index in [9.17, 15) is 25.2 Å². The van der Waals surface area contributed by atoms with E-state index in [0.717, 1.165) is 0 Å². The summed E-state index contributed by atoms with van der Waals surface area (Å²) in [4.78, 5) is 10.9.